The molecule has 1 fully saturated rings. The standard InChI is InChI=1S/C27H32N4O4/c1-3-33-23-13-12-20(17-24(23)34-4-2)18-30-26(32)21-9-8-16-31(19-21)25-27(29-15-14-28-25)35-22-10-6-5-7-11-22/h5-7,10-15,17,21H,3-4,8-9,16,18-19H2,1-2H3,(H,30,32)/t21-/m0/s1. The van der Waals surface area contributed by atoms with Crippen molar-refractivity contribution in [3.8, 4) is 23.1 Å². The van der Waals surface area contributed by atoms with E-state index in [0.717, 1.165) is 24.9 Å². The molecule has 0 aliphatic carbocycles. The summed E-state index contributed by atoms with van der Waals surface area (Å²) in [6.07, 6.45) is 4.98. The lowest BCUT2D eigenvalue weighted by molar-refractivity contribution is -0.125. The highest BCUT2D eigenvalue weighted by atomic mass is 16.5. The SMILES string of the molecule is CCOc1ccc(CNC(=O)[C@H]2CCCN(c3nccnc3Oc3ccccc3)C2)cc1OCC. The van der Waals surface area contributed by atoms with Gasteiger partial charge in [0.25, 0.3) is 5.88 Å². The zero-order chi connectivity index (χ0) is 24.5. The molecule has 4 rings (SSSR count). The zero-order valence-electron chi connectivity index (χ0n) is 20.3. The van der Waals surface area contributed by atoms with Gasteiger partial charge in [-0.15, -0.1) is 0 Å². The summed E-state index contributed by atoms with van der Waals surface area (Å²) >= 11 is 0. The van der Waals surface area contributed by atoms with E-state index in [1.807, 2.05) is 62.4 Å². The first-order valence-electron chi connectivity index (χ1n) is 12.1. The van der Waals surface area contributed by atoms with Crippen molar-refractivity contribution in [3.05, 3.63) is 66.5 Å². The molecule has 8 heteroatoms. The van der Waals surface area contributed by atoms with Crippen LogP contribution in [0.15, 0.2) is 60.9 Å². The van der Waals surface area contributed by atoms with Crippen molar-refractivity contribution < 1.29 is 19.0 Å². The van der Waals surface area contributed by atoms with E-state index >= 15 is 0 Å². The molecule has 1 aromatic heterocycles. The van der Waals surface area contributed by atoms with Gasteiger partial charge in [0.05, 0.1) is 19.1 Å². The Bertz CT molecular complexity index is 1110. The first kappa shape index (κ1) is 24.3. The third-order valence-electron chi connectivity index (χ3n) is 5.77. The van der Waals surface area contributed by atoms with E-state index in [1.54, 1.807) is 12.4 Å². The van der Waals surface area contributed by atoms with Crippen molar-refractivity contribution in [2.75, 3.05) is 31.2 Å². The lowest BCUT2D eigenvalue weighted by Crippen LogP contribution is -2.43. The number of amides is 1. The second-order valence-electron chi connectivity index (χ2n) is 8.25. The highest BCUT2D eigenvalue weighted by Gasteiger charge is 2.28. The maximum Gasteiger partial charge on any atom is 0.263 e. The molecule has 1 saturated heterocycles. The number of hydrogen-bond donors (Lipinski definition) is 1. The number of benzene rings is 2. The van der Waals surface area contributed by atoms with Crippen molar-refractivity contribution in [2.24, 2.45) is 5.92 Å². The molecule has 1 amide bonds. The number of carbonyl (C=O) groups excluding carboxylic acids is 1. The van der Waals surface area contributed by atoms with Gasteiger partial charge in [-0.25, -0.2) is 9.97 Å². The van der Waals surface area contributed by atoms with Crippen LogP contribution in [0, 0.1) is 5.92 Å². The van der Waals surface area contributed by atoms with E-state index in [9.17, 15) is 4.79 Å². The molecule has 3 aromatic rings. The van der Waals surface area contributed by atoms with Crippen molar-refractivity contribution in [2.45, 2.75) is 33.2 Å². The number of anilines is 1. The summed E-state index contributed by atoms with van der Waals surface area (Å²) < 4.78 is 17.3. The number of para-hydroxylation sites is 1. The number of aromatic nitrogens is 2. The van der Waals surface area contributed by atoms with E-state index in [-0.39, 0.29) is 11.8 Å². The van der Waals surface area contributed by atoms with Gasteiger partial charge in [-0.05, 0) is 56.5 Å². The normalized spacial score (nSPS) is 15.4. The van der Waals surface area contributed by atoms with Gasteiger partial charge in [0.2, 0.25) is 5.91 Å². The Morgan fingerprint density at radius 2 is 1.80 bits per heavy atom. The Kier molecular flexibility index (Phi) is 8.38. The Balaban J connectivity index is 1.39. The maximum absolute atomic E-state index is 13.0. The van der Waals surface area contributed by atoms with Crippen LogP contribution in [0.2, 0.25) is 0 Å². The predicted molar refractivity (Wildman–Crippen MR) is 134 cm³/mol. The molecular formula is C27H32N4O4. The summed E-state index contributed by atoms with van der Waals surface area (Å²) in [4.78, 5) is 24.0. The van der Waals surface area contributed by atoms with Crippen LogP contribution in [0.1, 0.15) is 32.3 Å². The number of rotatable bonds is 10. The van der Waals surface area contributed by atoms with Crippen LogP contribution in [-0.4, -0.2) is 42.2 Å². The number of piperidine rings is 1. The summed E-state index contributed by atoms with van der Waals surface area (Å²) in [6.45, 7) is 6.77. The lowest BCUT2D eigenvalue weighted by atomic mass is 9.97. The monoisotopic (exact) mass is 476 g/mol. The first-order valence-corrected chi connectivity index (χ1v) is 12.1. The van der Waals surface area contributed by atoms with E-state index in [1.165, 1.54) is 0 Å². The Hall–Kier alpha value is -3.81. The van der Waals surface area contributed by atoms with E-state index in [0.29, 0.717) is 55.2 Å². The van der Waals surface area contributed by atoms with Gasteiger partial charge in [0, 0.05) is 32.0 Å². The van der Waals surface area contributed by atoms with Crippen LogP contribution in [0.25, 0.3) is 0 Å². The Morgan fingerprint density at radius 1 is 1.03 bits per heavy atom. The maximum atomic E-state index is 13.0. The van der Waals surface area contributed by atoms with Crippen molar-refractivity contribution >= 4 is 11.7 Å². The van der Waals surface area contributed by atoms with Crippen molar-refractivity contribution in [3.63, 3.8) is 0 Å². The van der Waals surface area contributed by atoms with Crippen LogP contribution in [0.5, 0.6) is 23.1 Å². The van der Waals surface area contributed by atoms with Gasteiger partial charge in [-0.2, -0.15) is 0 Å². The van der Waals surface area contributed by atoms with Crippen LogP contribution >= 0.6 is 0 Å². The van der Waals surface area contributed by atoms with Gasteiger partial charge in [-0.3, -0.25) is 4.79 Å². The minimum Gasteiger partial charge on any atom is -0.490 e. The van der Waals surface area contributed by atoms with E-state index < -0.39 is 0 Å². The molecule has 184 valence electrons. The summed E-state index contributed by atoms with van der Waals surface area (Å²) in [5.41, 5.74) is 0.963. The number of ether oxygens (including phenoxy) is 3. The molecule has 35 heavy (non-hydrogen) atoms. The molecule has 1 aliphatic heterocycles. The fourth-order valence-corrected chi connectivity index (χ4v) is 4.13. The first-order chi connectivity index (χ1) is 17.2. The Morgan fingerprint density at radius 3 is 2.60 bits per heavy atom. The predicted octanol–water partition coefficient (Wildman–Crippen LogP) is 4.60. The summed E-state index contributed by atoms with van der Waals surface area (Å²) in [6, 6.07) is 15.3. The topological polar surface area (TPSA) is 85.8 Å². The second-order valence-corrected chi connectivity index (χ2v) is 8.25. The van der Waals surface area contributed by atoms with Gasteiger partial charge in [0.15, 0.2) is 17.3 Å². The number of hydrogen-bond acceptors (Lipinski definition) is 7. The molecule has 2 aromatic carbocycles. The minimum absolute atomic E-state index is 0.0240. The molecule has 1 aliphatic rings. The fourth-order valence-electron chi connectivity index (χ4n) is 4.13. The fraction of sp³-hybridized carbons (Fsp3) is 0.370. The third-order valence-corrected chi connectivity index (χ3v) is 5.77. The molecule has 0 saturated carbocycles. The molecule has 8 nitrogen and oxygen atoms in total. The average Bonchev–Trinajstić information content (AvgIpc) is 2.90. The lowest BCUT2D eigenvalue weighted by Gasteiger charge is -2.33. The highest BCUT2D eigenvalue weighted by molar-refractivity contribution is 5.79. The molecule has 0 spiro atoms. The molecule has 1 N–H and O–H groups in total. The van der Waals surface area contributed by atoms with Gasteiger partial charge in [-0.1, -0.05) is 24.3 Å². The molecule has 1 atom stereocenters. The van der Waals surface area contributed by atoms with E-state index in [4.69, 9.17) is 14.2 Å². The van der Waals surface area contributed by atoms with Crippen LogP contribution in [0.4, 0.5) is 5.82 Å². The number of nitrogens with one attached hydrogen (secondary N) is 1. The largest absolute Gasteiger partial charge is 0.490 e. The van der Waals surface area contributed by atoms with Crippen LogP contribution in [0.3, 0.4) is 0 Å². The quantitative estimate of drug-likeness (QED) is 0.458. The smallest absolute Gasteiger partial charge is 0.263 e. The highest BCUT2D eigenvalue weighted by Crippen LogP contribution is 2.31. The summed E-state index contributed by atoms with van der Waals surface area (Å²) in [7, 11) is 0. The number of carbonyl (C=O) groups is 1. The zero-order valence-corrected chi connectivity index (χ0v) is 20.3. The van der Waals surface area contributed by atoms with Gasteiger partial charge < -0.3 is 24.4 Å². The molecule has 0 bridgehead atoms. The van der Waals surface area contributed by atoms with Crippen LogP contribution < -0.4 is 24.4 Å². The van der Waals surface area contributed by atoms with Crippen molar-refractivity contribution in [1.82, 2.24) is 15.3 Å². The molecule has 0 radical (unpaired) electrons. The molecule has 2 heterocycles. The second kappa shape index (κ2) is 12.1. The number of nitrogens with zero attached hydrogens (tertiary/aromatic N) is 3. The molecule has 0 unspecified atom stereocenters. The average molecular weight is 477 g/mol. The summed E-state index contributed by atoms with van der Waals surface area (Å²) in [5, 5.41) is 3.09. The summed E-state index contributed by atoms with van der Waals surface area (Å²) in [5.74, 6) is 3.07. The minimum atomic E-state index is -0.149. The Labute approximate surface area is 206 Å². The van der Waals surface area contributed by atoms with Crippen molar-refractivity contribution in [1.29, 1.82) is 0 Å². The van der Waals surface area contributed by atoms with Gasteiger partial charge >= 0.3 is 0 Å². The third kappa shape index (κ3) is 6.41. The van der Waals surface area contributed by atoms with Crippen LogP contribution in [-0.2, 0) is 11.3 Å². The molecular weight excluding hydrogens is 444 g/mol. The van der Waals surface area contributed by atoms with E-state index in [2.05, 4.69) is 20.2 Å². The van der Waals surface area contributed by atoms with Gasteiger partial charge in [0.1, 0.15) is 5.75 Å².